The van der Waals surface area contributed by atoms with Crippen molar-refractivity contribution in [3.8, 4) is 0 Å². The minimum atomic E-state index is -5.86. The van der Waals surface area contributed by atoms with Crippen molar-refractivity contribution in [2.24, 2.45) is 5.92 Å². The van der Waals surface area contributed by atoms with E-state index in [1.165, 1.54) is 6.08 Å². The van der Waals surface area contributed by atoms with Gasteiger partial charge in [0.1, 0.15) is 6.10 Å². The number of benzene rings is 1. The smallest absolute Gasteiger partial charge is 0.329 e. The molecule has 2 rings (SSSR count). The molecular formula is C15H16F2O5S2. The van der Waals surface area contributed by atoms with E-state index in [-0.39, 0.29) is 0 Å². The number of ether oxygens (including phenoxy) is 1. The first-order valence-corrected chi connectivity index (χ1v) is 9.68. The second-order valence-electron chi connectivity index (χ2n) is 5.47. The number of rotatable bonds is 5. The van der Waals surface area contributed by atoms with Crippen LogP contribution < -0.4 is 0 Å². The maximum Gasteiger partial charge on any atom is 0.329 e. The maximum absolute atomic E-state index is 13.9. The first kappa shape index (κ1) is 18.8. The maximum atomic E-state index is 13.9. The molecule has 5 nitrogen and oxygen atoms in total. The molecule has 2 atom stereocenters. The first-order valence-electron chi connectivity index (χ1n) is 6.91. The standard InChI is InChI=1S/C15H16F2O5S2/c1-3-13-10-22-14(8-7-12-6-4-5-11(2)9-12)15(13,23(16,18)19)24(17,20)21/h3-9,13-14H,1,10H2,2H3/b8-7+. The van der Waals surface area contributed by atoms with E-state index in [2.05, 4.69) is 6.58 Å². The zero-order chi connectivity index (χ0) is 18.2. The summed E-state index contributed by atoms with van der Waals surface area (Å²) in [6, 6.07) is 6.94. The van der Waals surface area contributed by atoms with Crippen LogP contribution in [0.4, 0.5) is 7.77 Å². The summed E-state index contributed by atoms with van der Waals surface area (Å²) in [5.74, 6) is -1.57. The van der Waals surface area contributed by atoms with Gasteiger partial charge in [-0.25, -0.2) is 0 Å². The van der Waals surface area contributed by atoms with Gasteiger partial charge in [-0.05, 0) is 12.5 Å². The van der Waals surface area contributed by atoms with Gasteiger partial charge in [-0.3, -0.25) is 0 Å². The van der Waals surface area contributed by atoms with Gasteiger partial charge in [0.2, 0.25) is 0 Å². The van der Waals surface area contributed by atoms with Crippen LogP contribution >= 0.6 is 0 Å². The van der Waals surface area contributed by atoms with Crippen LogP contribution in [-0.4, -0.2) is 33.6 Å². The van der Waals surface area contributed by atoms with Crippen LogP contribution in [0, 0.1) is 12.8 Å². The summed E-state index contributed by atoms with van der Waals surface area (Å²) in [6.45, 7) is 4.59. The van der Waals surface area contributed by atoms with E-state index in [1.54, 1.807) is 18.2 Å². The molecule has 24 heavy (non-hydrogen) atoms. The van der Waals surface area contributed by atoms with Gasteiger partial charge in [-0.1, -0.05) is 48.1 Å². The number of aryl methyl sites for hydroxylation is 1. The highest BCUT2D eigenvalue weighted by atomic mass is 32.3. The van der Waals surface area contributed by atoms with Crippen LogP contribution in [0.2, 0.25) is 0 Å². The average Bonchev–Trinajstić information content (AvgIpc) is 2.84. The fourth-order valence-corrected chi connectivity index (χ4v) is 5.65. The summed E-state index contributed by atoms with van der Waals surface area (Å²) in [5, 5.41) is 0. The second-order valence-corrected chi connectivity index (χ2v) is 8.83. The Morgan fingerprint density at radius 1 is 1.25 bits per heavy atom. The Labute approximate surface area is 140 Å². The van der Waals surface area contributed by atoms with Crippen LogP contribution in [0.1, 0.15) is 11.1 Å². The molecular weight excluding hydrogens is 362 g/mol. The van der Waals surface area contributed by atoms with Gasteiger partial charge in [0, 0.05) is 5.92 Å². The van der Waals surface area contributed by atoms with Crippen LogP contribution in [0.3, 0.4) is 0 Å². The molecule has 9 heteroatoms. The van der Waals surface area contributed by atoms with E-state index in [0.29, 0.717) is 5.56 Å². The number of halogens is 2. The third-order valence-corrected chi connectivity index (χ3v) is 7.71. The van der Waals surface area contributed by atoms with Gasteiger partial charge < -0.3 is 4.74 Å². The lowest BCUT2D eigenvalue weighted by molar-refractivity contribution is 0.139. The molecule has 1 saturated heterocycles. The molecule has 2 unspecified atom stereocenters. The van der Waals surface area contributed by atoms with E-state index >= 15 is 0 Å². The summed E-state index contributed by atoms with van der Waals surface area (Å²) in [5.41, 5.74) is 1.50. The molecule has 1 aliphatic rings. The zero-order valence-electron chi connectivity index (χ0n) is 12.7. The van der Waals surface area contributed by atoms with Gasteiger partial charge >= 0.3 is 20.4 Å². The van der Waals surface area contributed by atoms with Gasteiger partial charge in [0.25, 0.3) is 4.08 Å². The predicted octanol–water partition coefficient (Wildman–Crippen LogP) is 2.50. The van der Waals surface area contributed by atoms with Gasteiger partial charge in [-0.15, -0.1) is 14.4 Å². The molecule has 1 aromatic carbocycles. The first-order chi connectivity index (χ1) is 11.0. The van der Waals surface area contributed by atoms with Crippen molar-refractivity contribution in [3.05, 3.63) is 54.1 Å². The minimum absolute atomic E-state index is 0.487. The van der Waals surface area contributed by atoms with Crippen molar-refractivity contribution in [1.82, 2.24) is 0 Å². The molecule has 1 heterocycles. The largest absolute Gasteiger partial charge is 0.370 e. The van der Waals surface area contributed by atoms with Crippen LogP contribution in [0.25, 0.3) is 6.08 Å². The molecule has 1 aromatic rings. The van der Waals surface area contributed by atoms with Gasteiger partial charge in [0.15, 0.2) is 0 Å². The van der Waals surface area contributed by atoms with Crippen molar-refractivity contribution in [2.75, 3.05) is 6.61 Å². The Balaban J connectivity index is 2.58. The molecule has 1 aliphatic heterocycles. The van der Waals surface area contributed by atoms with Crippen LogP contribution in [0.15, 0.2) is 43.0 Å². The molecule has 0 bridgehead atoms. The SMILES string of the molecule is C=CC1COC(/C=C/c2cccc(C)c2)C1(S(=O)(=O)F)S(=O)(=O)F. The Bertz CT molecular complexity index is 843. The molecule has 1 fully saturated rings. The molecule has 0 N–H and O–H groups in total. The van der Waals surface area contributed by atoms with Crippen molar-refractivity contribution in [1.29, 1.82) is 0 Å². The van der Waals surface area contributed by atoms with Crippen LogP contribution in [0.5, 0.6) is 0 Å². The van der Waals surface area contributed by atoms with Crippen LogP contribution in [-0.2, 0) is 25.2 Å². The molecule has 0 aliphatic carbocycles. The third-order valence-electron chi connectivity index (χ3n) is 3.92. The highest BCUT2D eigenvalue weighted by molar-refractivity contribution is 8.06. The highest BCUT2D eigenvalue weighted by Gasteiger charge is 2.69. The van der Waals surface area contributed by atoms with Gasteiger partial charge in [-0.2, -0.15) is 16.8 Å². The number of hydrogen-bond acceptors (Lipinski definition) is 5. The monoisotopic (exact) mass is 378 g/mol. The lowest BCUT2D eigenvalue weighted by atomic mass is 10.0. The summed E-state index contributed by atoms with van der Waals surface area (Å²) in [6.07, 6.45) is 1.42. The molecule has 0 radical (unpaired) electrons. The van der Waals surface area contributed by atoms with E-state index in [4.69, 9.17) is 4.74 Å². The normalized spacial score (nSPS) is 24.3. The summed E-state index contributed by atoms with van der Waals surface area (Å²) in [4.78, 5) is 0. The minimum Gasteiger partial charge on any atom is -0.370 e. The Kier molecular flexibility index (Phi) is 4.98. The van der Waals surface area contributed by atoms with E-state index in [0.717, 1.165) is 17.7 Å². The van der Waals surface area contributed by atoms with E-state index in [1.807, 2.05) is 13.0 Å². The lowest BCUT2D eigenvalue weighted by Gasteiger charge is -2.27. The second kappa shape index (κ2) is 6.38. The van der Waals surface area contributed by atoms with E-state index in [9.17, 15) is 24.6 Å². The fraction of sp³-hybridized carbons (Fsp3) is 0.333. The van der Waals surface area contributed by atoms with Gasteiger partial charge in [0.05, 0.1) is 6.61 Å². The quantitative estimate of drug-likeness (QED) is 0.581. The Morgan fingerprint density at radius 3 is 2.38 bits per heavy atom. The van der Waals surface area contributed by atoms with E-state index < -0.39 is 43.2 Å². The molecule has 0 amide bonds. The number of hydrogen-bond donors (Lipinski definition) is 0. The molecule has 132 valence electrons. The Morgan fingerprint density at radius 2 is 1.88 bits per heavy atom. The third kappa shape index (κ3) is 3.03. The summed E-state index contributed by atoms with van der Waals surface area (Å²) < 4.78 is 75.9. The highest BCUT2D eigenvalue weighted by Crippen LogP contribution is 2.46. The molecule has 0 saturated carbocycles. The molecule has 0 aromatic heterocycles. The lowest BCUT2D eigenvalue weighted by Crippen LogP contribution is -2.52. The van der Waals surface area contributed by atoms with Crippen molar-refractivity contribution in [2.45, 2.75) is 17.1 Å². The van der Waals surface area contributed by atoms with Crippen molar-refractivity contribution >= 4 is 26.5 Å². The predicted molar refractivity (Wildman–Crippen MR) is 86.4 cm³/mol. The summed E-state index contributed by atoms with van der Waals surface area (Å²) >= 11 is 0. The fourth-order valence-electron chi connectivity index (χ4n) is 2.80. The average molecular weight is 378 g/mol. The van der Waals surface area contributed by atoms with Crippen molar-refractivity contribution < 1.29 is 29.3 Å². The Hall–Kier alpha value is -1.58. The van der Waals surface area contributed by atoms with Crippen molar-refractivity contribution in [3.63, 3.8) is 0 Å². The zero-order valence-corrected chi connectivity index (χ0v) is 14.4. The summed E-state index contributed by atoms with van der Waals surface area (Å²) in [7, 11) is -11.7. The topological polar surface area (TPSA) is 77.5 Å². The molecule has 0 spiro atoms.